The highest BCUT2D eigenvalue weighted by atomic mass is 15.3. The molecule has 16 heavy (non-hydrogen) atoms. The van der Waals surface area contributed by atoms with E-state index in [0.29, 0.717) is 5.82 Å². The van der Waals surface area contributed by atoms with Crippen LogP contribution in [0.25, 0.3) is 16.8 Å². The lowest BCUT2D eigenvalue weighted by Gasteiger charge is -2.02. The van der Waals surface area contributed by atoms with Crippen molar-refractivity contribution in [1.29, 1.82) is 0 Å². The second-order valence-corrected chi connectivity index (χ2v) is 3.94. The summed E-state index contributed by atoms with van der Waals surface area (Å²) in [4.78, 5) is 0. The average molecular weight is 213 g/mol. The Hall–Kier alpha value is -2.03. The van der Waals surface area contributed by atoms with Crippen molar-refractivity contribution in [2.45, 2.75) is 6.92 Å². The fourth-order valence-electron chi connectivity index (χ4n) is 1.57. The molecule has 2 aromatic rings. The lowest BCUT2D eigenvalue weighted by Crippen LogP contribution is -1.96. The smallest absolute Gasteiger partial charge is 0.121 e. The van der Waals surface area contributed by atoms with Gasteiger partial charge in [0.2, 0.25) is 0 Å². The number of nitrogens with zero attached hydrogens (tertiary/aromatic N) is 2. The SMILES string of the molecule is C=C(C)c1cccc(-c2cc(N)n(C)n2)c1. The fourth-order valence-corrected chi connectivity index (χ4v) is 1.57. The Labute approximate surface area is 95.2 Å². The molecular formula is C13H15N3. The van der Waals surface area contributed by atoms with E-state index in [0.717, 1.165) is 22.4 Å². The molecular weight excluding hydrogens is 198 g/mol. The van der Waals surface area contributed by atoms with Crippen LogP contribution in [0.5, 0.6) is 0 Å². The number of nitrogen functional groups attached to an aromatic ring is 1. The van der Waals surface area contributed by atoms with Crippen LogP contribution in [0.3, 0.4) is 0 Å². The first kappa shape index (κ1) is 10.5. The molecule has 3 heteroatoms. The summed E-state index contributed by atoms with van der Waals surface area (Å²) < 4.78 is 1.67. The van der Waals surface area contributed by atoms with Crippen molar-refractivity contribution in [3.05, 3.63) is 42.5 Å². The van der Waals surface area contributed by atoms with E-state index in [1.807, 2.05) is 38.2 Å². The number of rotatable bonds is 2. The van der Waals surface area contributed by atoms with Crippen LogP contribution in [0.15, 0.2) is 36.9 Å². The van der Waals surface area contributed by atoms with Crippen molar-refractivity contribution in [3.63, 3.8) is 0 Å². The summed E-state index contributed by atoms with van der Waals surface area (Å²) in [6.07, 6.45) is 0. The van der Waals surface area contributed by atoms with E-state index in [1.54, 1.807) is 4.68 Å². The van der Waals surface area contributed by atoms with E-state index >= 15 is 0 Å². The summed E-state index contributed by atoms with van der Waals surface area (Å²) >= 11 is 0. The predicted octanol–water partition coefficient (Wildman–Crippen LogP) is 2.70. The van der Waals surface area contributed by atoms with Crippen LogP contribution in [0.2, 0.25) is 0 Å². The topological polar surface area (TPSA) is 43.8 Å². The van der Waals surface area contributed by atoms with Crippen LogP contribution in [0.1, 0.15) is 12.5 Å². The minimum Gasteiger partial charge on any atom is -0.384 e. The number of allylic oxidation sites excluding steroid dienone is 1. The van der Waals surface area contributed by atoms with Crippen molar-refractivity contribution in [2.75, 3.05) is 5.73 Å². The molecule has 0 atom stereocenters. The van der Waals surface area contributed by atoms with Gasteiger partial charge in [0.1, 0.15) is 5.82 Å². The molecule has 0 aliphatic rings. The van der Waals surface area contributed by atoms with E-state index < -0.39 is 0 Å². The molecule has 0 spiro atoms. The quantitative estimate of drug-likeness (QED) is 0.833. The highest BCUT2D eigenvalue weighted by Gasteiger charge is 2.05. The molecule has 0 radical (unpaired) electrons. The van der Waals surface area contributed by atoms with E-state index in [9.17, 15) is 0 Å². The second kappa shape index (κ2) is 3.85. The maximum absolute atomic E-state index is 5.76. The molecule has 2 N–H and O–H groups in total. The molecule has 0 saturated heterocycles. The van der Waals surface area contributed by atoms with Crippen LogP contribution in [-0.2, 0) is 7.05 Å². The van der Waals surface area contributed by atoms with E-state index in [2.05, 4.69) is 17.7 Å². The fraction of sp³-hybridized carbons (Fsp3) is 0.154. The number of benzene rings is 1. The zero-order valence-electron chi connectivity index (χ0n) is 9.57. The van der Waals surface area contributed by atoms with Gasteiger partial charge in [0.25, 0.3) is 0 Å². The van der Waals surface area contributed by atoms with Gasteiger partial charge in [-0.25, -0.2) is 0 Å². The maximum Gasteiger partial charge on any atom is 0.121 e. The first-order chi connectivity index (χ1) is 7.58. The van der Waals surface area contributed by atoms with E-state index in [4.69, 9.17) is 5.73 Å². The van der Waals surface area contributed by atoms with Gasteiger partial charge in [-0.2, -0.15) is 5.10 Å². The van der Waals surface area contributed by atoms with Crippen LogP contribution in [-0.4, -0.2) is 9.78 Å². The molecule has 0 unspecified atom stereocenters. The van der Waals surface area contributed by atoms with Crippen molar-refractivity contribution < 1.29 is 0 Å². The zero-order valence-corrected chi connectivity index (χ0v) is 9.57. The molecule has 82 valence electrons. The first-order valence-electron chi connectivity index (χ1n) is 5.14. The summed E-state index contributed by atoms with van der Waals surface area (Å²) in [6, 6.07) is 10.0. The predicted molar refractivity (Wildman–Crippen MR) is 67.8 cm³/mol. The number of aromatic nitrogens is 2. The summed E-state index contributed by atoms with van der Waals surface area (Å²) in [7, 11) is 1.83. The molecule has 0 saturated carbocycles. The summed E-state index contributed by atoms with van der Waals surface area (Å²) in [6.45, 7) is 5.92. The third-order valence-corrected chi connectivity index (χ3v) is 2.57. The Bertz CT molecular complexity index is 518. The molecule has 0 aliphatic heterocycles. The van der Waals surface area contributed by atoms with Gasteiger partial charge in [-0.05, 0) is 18.6 Å². The van der Waals surface area contributed by atoms with Gasteiger partial charge >= 0.3 is 0 Å². The van der Waals surface area contributed by atoms with Gasteiger partial charge in [0.05, 0.1) is 5.69 Å². The summed E-state index contributed by atoms with van der Waals surface area (Å²) in [5.41, 5.74) is 9.89. The number of nitrogens with two attached hydrogens (primary N) is 1. The van der Waals surface area contributed by atoms with Crippen molar-refractivity contribution in [2.24, 2.45) is 7.05 Å². The van der Waals surface area contributed by atoms with Gasteiger partial charge < -0.3 is 5.73 Å². The van der Waals surface area contributed by atoms with E-state index in [-0.39, 0.29) is 0 Å². The standard InChI is InChI=1S/C13H15N3/c1-9(2)10-5-4-6-11(7-10)12-8-13(14)16(3)15-12/h4-8H,1,14H2,2-3H3. The molecule has 0 amide bonds. The minimum atomic E-state index is 0.663. The van der Waals surface area contributed by atoms with Crippen LogP contribution in [0.4, 0.5) is 5.82 Å². The Balaban J connectivity index is 2.48. The Morgan fingerprint density at radius 1 is 1.38 bits per heavy atom. The van der Waals surface area contributed by atoms with Gasteiger partial charge in [-0.15, -0.1) is 0 Å². The molecule has 0 aliphatic carbocycles. The monoisotopic (exact) mass is 213 g/mol. The molecule has 1 aromatic carbocycles. The number of anilines is 1. The maximum atomic E-state index is 5.76. The Morgan fingerprint density at radius 3 is 2.69 bits per heavy atom. The van der Waals surface area contributed by atoms with Crippen LogP contribution < -0.4 is 5.73 Å². The molecule has 0 fully saturated rings. The molecule has 1 heterocycles. The first-order valence-corrected chi connectivity index (χ1v) is 5.14. The normalized spacial score (nSPS) is 10.4. The lowest BCUT2D eigenvalue weighted by molar-refractivity contribution is 0.782. The Morgan fingerprint density at radius 2 is 2.12 bits per heavy atom. The highest BCUT2D eigenvalue weighted by molar-refractivity contribution is 5.70. The number of aryl methyl sites for hydroxylation is 1. The third-order valence-electron chi connectivity index (χ3n) is 2.57. The van der Waals surface area contributed by atoms with Gasteiger partial charge in [-0.1, -0.05) is 30.4 Å². The van der Waals surface area contributed by atoms with Gasteiger partial charge in [0, 0.05) is 18.7 Å². The Kier molecular flexibility index (Phi) is 2.52. The third kappa shape index (κ3) is 1.84. The average Bonchev–Trinajstić information content (AvgIpc) is 2.59. The largest absolute Gasteiger partial charge is 0.384 e. The second-order valence-electron chi connectivity index (χ2n) is 3.94. The molecule has 2 rings (SSSR count). The van der Waals surface area contributed by atoms with Crippen LogP contribution in [0, 0.1) is 0 Å². The minimum absolute atomic E-state index is 0.663. The molecule has 1 aromatic heterocycles. The number of hydrogen-bond acceptors (Lipinski definition) is 2. The van der Waals surface area contributed by atoms with Gasteiger partial charge in [0.15, 0.2) is 0 Å². The number of hydrogen-bond donors (Lipinski definition) is 1. The van der Waals surface area contributed by atoms with E-state index in [1.165, 1.54) is 0 Å². The summed E-state index contributed by atoms with van der Waals surface area (Å²) in [5.74, 6) is 0.663. The van der Waals surface area contributed by atoms with Crippen molar-refractivity contribution >= 4 is 11.4 Å². The highest BCUT2D eigenvalue weighted by Crippen LogP contribution is 2.23. The lowest BCUT2D eigenvalue weighted by atomic mass is 10.0. The van der Waals surface area contributed by atoms with Crippen molar-refractivity contribution in [3.8, 4) is 11.3 Å². The molecule has 3 nitrogen and oxygen atoms in total. The zero-order chi connectivity index (χ0) is 11.7. The van der Waals surface area contributed by atoms with Crippen LogP contribution >= 0.6 is 0 Å². The summed E-state index contributed by atoms with van der Waals surface area (Å²) in [5, 5.41) is 4.34. The molecule has 0 bridgehead atoms. The van der Waals surface area contributed by atoms with Gasteiger partial charge in [-0.3, -0.25) is 4.68 Å². The van der Waals surface area contributed by atoms with Crippen molar-refractivity contribution in [1.82, 2.24) is 9.78 Å².